The first-order valence-corrected chi connectivity index (χ1v) is 7.27. The van der Waals surface area contributed by atoms with E-state index in [1.54, 1.807) is 0 Å². The van der Waals surface area contributed by atoms with Crippen LogP contribution in [-0.2, 0) is 6.54 Å². The Hall–Kier alpha value is -2.06. The molecule has 2 nitrogen and oxygen atoms in total. The number of benzene rings is 2. The van der Waals surface area contributed by atoms with Gasteiger partial charge in [0.1, 0.15) is 0 Å². The highest BCUT2D eigenvalue weighted by Crippen LogP contribution is 2.21. The minimum atomic E-state index is 0.116. The van der Waals surface area contributed by atoms with E-state index in [9.17, 15) is 4.79 Å². The number of hydrogen-bond acceptors (Lipinski definition) is 1. The summed E-state index contributed by atoms with van der Waals surface area (Å²) in [4.78, 5) is 12.4. The van der Waals surface area contributed by atoms with Crippen LogP contribution in [0.25, 0.3) is 10.9 Å². The molecule has 3 aromatic rings. The van der Waals surface area contributed by atoms with Crippen LogP contribution in [0.2, 0.25) is 5.02 Å². The molecule has 0 fully saturated rings. The van der Waals surface area contributed by atoms with Crippen LogP contribution in [-0.4, -0.2) is 10.4 Å². The monoisotopic (exact) mass is 297 g/mol. The summed E-state index contributed by atoms with van der Waals surface area (Å²) < 4.78 is 1.96. The van der Waals surface area contributed by atoms with E-state index < -0.39 is 0 Å². The summed E-state index contributed by atoms with van der Waals surface area (Å²) in [6.45, 7) is 4.42. The molecule has 21 heavy (non-hydrogen) atoms. The number of nitrogens with zero attached hydrogens (tertiary/aromatic N) is 1. The lowest BCUT2D eigenvalue weighted by Gasteiger charge is -2.07. The Balaban J connectivity index is 1.91. The van der Waals surface area contributed by atoms with E-state index in [2.05, 4.69) is 0 Å². The second-order valence-corrected chi connectivity index (χ2v) is 5.81. The summed E-state index contributed by atoms with van der Waals surface area (Å²) in [5.74, 6) is 0.116. The van der Waals surface area contributed by atoms with E-state index >= 15 is 0 Å². The van der Waals surface area contributed by atoms with Gasteiger partial charge in [-0.05, 0) is 55.3 Å². The molecule has 0 saturated carbocycles. The van der Waals surface area contributed by atoms with Gasteiger partial charge in [-0.15, -0.1) is 0 Å². The molecule has 106 valence electrons. The Morgan fingerprint density at radius 1 is 1.05 bits per heavy atom. The number of aromatic nitrogens is 1. The predicted octanol–water partition coefficient (Wildman–Crippen LogP) is 4.79. The fraction of sp³-hybridized carbons (Fsp3) is 0.167. The molecule has 1 heterocycles. The van der Waals surface area contributed by atoms with Crippen molar-refractivity contribution in [3.05, 3.63) is 70.4 Å². The van der Waals surface area contributed by atoms with Gasteiger partial charge in [-0.2, -0.15) is 0 Å². The highest BCUT2D eigenvalue weighted by atomic mass is 35.5. The maximum Gasteiger partial charge on any atom is 0.182 e. The summed E-state index contributed by atoms with van der Waals surface area (Å²) in [7, 11) is 0. The molecular weight excluding hydrogens is 282 g/mol. The van der Waals surface area contributed by atoms with Gasteiger partial charge in [0, 0.05) is 27.7 Å². The van der Waals surface area contributed by atoms with Crippen LogP contribution in [0.1, 0.15) is 21.5 Å². The maximum absolute atomic E-state index is 12.4. The van der Waals surface area contributed by atoms with E-state index in [1.165, 1.54) is 5.56 Å². The fourth-order valence-corrected chi connectivity index (χ4v) is 2.65. The molecule has 0 aliphatic rings. The molecule has 0 spiro atoms. The van der Waals surface area contributed by atoms with Crippen LogP contribution < -0.4 is 0 Å². The van der Waals surface area contributed by atoms with Crippen molar-refractivity contribution in [3.63, 3.8) is 0 Å². The third-order valence-electron chi connectivity index (χ3n) is 3.88. The van der Waals surface area contributed by atoms with Gasteiger partial charge in [0.2, 0.25) is 0 Å². The van der Waals surface area contributed by atoms with E-state index in [-0.39, 0.29) is 5.78 Å². The summed E-state index contributed by atoms with van der Waals surface area (Å²) >= 11 is 5.99. The van der Waals surface area contributed by atoms with Crippen molar-refractivity contribution in [2.75, 3.05) is 0 Å². The highest BCUT2D eigenvalue weighted by Gasteiger charge is 2.10. The maximum atomic E-state index is 12.4. The quantitative estimate of drug-likeness (QED) is 0.637. The third kappa shape index (κ3) is 2.72. The van der Waals surface area contributed by atoms with Gasteiger partial charge < -0.3 is 4.57 Å². The number of halogens is 1. The normalized spacial score (nSPS) is 11.0. The van der Waals surface area contributed by atoms with Crippen LogP contribution in [0.15, 0.2) is 48.7 Å². The topological polar surface area (TPSA) is 22.0 Å². The van der Waals surface area contributed by atoms with Crippen molar-refractivity contribution in [2.24, 2.45) is 0 Å². The van der Waals surface area contributed by atoms with Crippen LogP contribution in [0.5, 0.6) is 0 Å². The second-order valence-electron chi connectivity index (χ2n) is 5.37. The second kappa shape index (κ2) is 5.38. The zero-order valence-electron chi connectivity index (χ0n) is 12.1. The third-order valence-corrected chi connectivity index (χ3v) is 4.11. The highest BCUT2D eigenvalue weighted by molar-refractivity contribution is 6.31. The van der Waals surface area contributed by atoms with Gasteiger partial charge in [0.15, 0.2) is 5.78 Å². The number of ketones is 1. The minimum Gasteiger partial charge on any atom is -0.340 e. The van der Waals surface area contributed by atoms with Crippen molar-refractivity contribution in [3.8, 4) is 0 Å². The van der Waals surface area contributed by atoms with Gasteiger partial charge >= 0.3 is 0 Å². The molecule has 1 aromatic heterocycles. The van der Waals surface area contributed by atoms with Gasteiger partial charge in [-0.1, -0.05) is 23.7 Å². The number of hydrogen-bond donors (Lipinski definition) is 0. The van der Waals surface area contributed by atoms with E-state index in [1.807, 2.05) is 67.1 Å². The number of aryl methyl sites for hydroxylation is 2. The molecular formula is C18H16ClNO. The number of carbonyl (C=O) groups excluding carboxylic acids is 1. The fourth-order valence-electron chi connectivity index (χ4n) is 2.47. The van der Waals surface area contributed by atoms with Gasteiger partial charge in [-0.25, -0.2) is 0 Å². The Labute approximate surface area is 129 Å². The van der Waals surface area contributed by atoms with Crippen molar-refractivity contribution in [2.45, 2.75) is 20.4 Å². The Morgan fingerprint density at radius 2 is 1.86 bits per heavy atom. The molecule has 2 aromatic carbocycles. The Morgan fingerprint density at radius 3 is 2.62 bits per heavy atom. The summed E-state index contributed by atoms with van der Waals surface area (Å²) in [5, 5.41) is 1.76. The first kappa shape index (κ1) is 13.9. The average molecular weight is 298 g/mol. The van der Waals surface area contributed by atoms with Gasteiger partial charge in [0.05, 0.1) is 6.54 Å². The number of rotatable bonds is 3. The lowest BCUT2D eigenvalue weighted by Crippen LogP contribution is -2.09. The van der Waals surface area contributed by atoms with Crippen molar-refractivity contribution in [1.29, 1.82) is 0 Å². The Kier molecular flexibility index (Phi) is 3.56. The van der Waals surface area contributed by atoms with Gasteiger partial charge in [-0.3, -0.25) is 4.79 Å². The predicted molar refractivity (Wildman–Crippen MR) is 87.2 cm³/mol. The Bertz CT molecular complexity index is 832. The van der Waals surface area contributed by atoms with E-state index in [4.69, 9.17) is 11.6 Å². The molecule has 0 radical (unpaired) electrons. The molecule has 0 bridgehead atoms. The van der Waals surface area contributed by atoms with Crippen molar-refractivity contribution < 1.29 is 4.79 Å². The zero-order valence-corrected chi connectivity index (χ0v) is 12.8. The summed E-state index contributed by atoms with van der Waals surface area (Å²) in [5.41, 5.74) is 4.13. The van der Waals surface area contributed by atoms with Crippen LogP contribution >= 0.6 is 11.6 Å². The first-order valence-electron chi connectivity index (χ1n) is 6.89. The lowest BCUT2D eigenvalue weighted by molar-refractivity contribution is 0.0973. The number of Topliss-reactive ketones (excluding diaryl/α,β-unsaturated/α-hetero) is 1. The molecule has 0 unspecified atom stereocenters. The SMILES string of the molecule is Cc1ccc(C(=O)Cn2ccc3cc(Cl)ccc32)cc1C. The first-order chi connectivity index (χ1) is 10.0. The summed E-state index contributed by atoms with van der Waals surface area (Å²) in [6, 6.07) is 13.5. The van der Waals surface area contributed by atoms with Crippen molar-refractivity contribution in [1.82, 2.24) is 4.57 Å². The van der Waals surface area contributed by atoms with Crippen LogP contribution in [0.4, 0.5) is 0 Å². The molecule has 0 aliphatic heterocycles. The largest absolute Gasteiger partial charge is 0.340 e. The lowest BCUT2D eigenvalue weighted by atomic mass is 10.0. The molecule has 0 N–H and O–H groups in total. The summed E-state index contributed by atoms with van der Waals surface area (Å²) in [6.07, 6.45) is 1.93. The zero-order chi connectivity index (χ0) is 15.0. The molecule has 0 aliphatic carbocycles. The van der Waals surface area contributed by atoms with Gasteiger partial charge in [0.25, 0.3) is 0 Å². The van der Waals surface area contributed by atoms with Crippen LogP contribution in [0, 0.1) is 13.8 Å². The van der Waals surface area contributed by atoms with Crippen molar-refractivity contribution >= 4 is 28.3 Å². The smallest absolute Gasteiger partial charge is 0.182 e. The standard InChI is InChI=1S/C18H16ClNO/c1-12-3-4-15(9-13(12)2)18(21)11-20-8-7-14-10-16(19)5-6-17(14)20/h3-10H,11H2,1-2H3. The minimum absolute atomic E-state index is 0.116. The van der Waals surface area contributed by atoms with E-state index in [0.717, 1.165) is 22.0 Å². The van der Waals surface area contributed by atoms with E-state index in [0.29, 0.717) is 11.6 Å². The average Bonchev–Trinajstić information content (AvgIpc) is 2.84. The van der Waals surface area contributed by atoms with Crippen LogP contribution in [0.3, 0.4) is 0 Å². The molecule has 0 saturated heterocycles. The molecule has 3 rings (SSSR count). The molecule has 0 atom stereocenters. The number of fused-ring (bicyclic) bond motifs is 1. The molecule has 0 amide bonds. The number of carbonyl (C=O) groups is 1. The molecule has 3 heteroatoms.